The van der Waals surface area contributed by atoms with Gasteiger partial charge in [0.15, 0.2) is 5.78 Å². The molecule has 0 aliphatic heterocycles. The highest BCUT2D eigenvalue weighted by molar-refractivity contribution is 6.02. The maximum atomic E-state index is 12.5. The van der Waals surface area contributed by atoms with Gasteiger partial charge >= 0.3 is 0 Å². The number of oxime groups is 1. The highest BCUT2D eigenvalue weighted by atomic mass is 16.4. The Morgan fingerprint density at radius 1 is 1.13 bits per heavy atom. The fourth-order valence-corrected chi connectivity index (χ4v) is 6.40. The average Bonchev–Trinajstić information content (AvgIpc) is 2.86. The highest BCUT2D eigenvalue weighted by Gasteiger charge is 2.60. The molecule has 124 valence electrons. The van der Waals surface area contributed by atoms with Crippen molar-refractivity contribution >= 4 is 17.8 Å². The predicted molar refractivity (Wildman–Crippen MR) is 86.3 cm³/mol. The summed E-state index contributed by atoms with van der Waals surface area (Å²) >= 11 is 0. The Morgan fingerprint density at radius 2 is 1.96 bits per heavy atom. The zero-order chi connectivity index (χ0) is 16.2. The number of carbonyl (C=O) groups excluding carboxylic acids is 2. The van der Waals surface area contributed by atoms with Crippen molar-refractivity contribution in [3.8, 4) is 0 Å². The Labute approximate surface area is 137 Å². The summed E-state index contributed by atoms with van der Waals surface area (Å²) in [7, 11) is 0. The third-order valence-electron chi connectivity index (χ3n) is 7.58. The Morgan fingerprint density at radius 3 is 2.74 bits per heavy atom. The number of rotatable bonds is 1. The van der Waals surface area contributed by atoms with Crippen LogP contribution in [0.5, 0.6) is 0 Å². The zero-order valence-corrected chi connectivity index (χ0v) is 13.8. The largest absolute Gasteiger partial charge is 0.411 e. The Kier molecular flexibility index (Phi) is 3.30. The van der Waals surface area contributed by atoms with Crippen molar-refractivity contribution in [3.63, 3.8) is 0 Å². The number of carbonyl (C=O) groups is 2. The van der Waals surface area contributed by atoms with Crippen molar-refractivity contribution in [2.24, 2.45) is 33.7 Å². The SMILES string of the molecule is C[C@]12CCC(=O)C=C1CC[C@@H]1[C@@H]2CC[C@]2(C=NO)C(=O)CC[C@@H]12. The number of nitrogens with zero attached hydrogens (tertiary/aromatic N) is 1. The maximum absolute atomic E-state index is 12.5. The highest BCUT2D eigenvalue weighted by Crippen LogP contribution is 2.64. The second-order valence-corrected chi connectivity index (χ2v) is 8.25. The zero-order valence-electron chi connectivity index (χ0n) is 13.8. The van der Waals surface area contributed by atoms with E-state index >= 15 is 0 Å². The summed E-state index contributed by atoms with van der Waals surface area (Å²) in [6.45, 7) is 2.34. The Balaban J connectivity index is 1.71. The number of ketones is 2. The second-order valence-electron chi connectivity index (χ2n) is 8.25. The molecule has 4 aliphatic carbocycles. The summed E-state index contributed by atoms with van der Waals surface area (Å²) in [5, 5.41) is 12.4. The summed E-state index contributed by atoms with van der Waals surface area (Å²) in [5.74, 6) is 1.95. The van der Waals surface area contributed by atoms with E-state index < -0.39 is 5.41 Å². The van der Waals surface area contributed by atoms with Crippen LogP contribution in [0.1, 0.15) is 58.3 Å². The molecule has 0 bridgehead atoms. The molecule has 4 rings (SSSR count). The third-order valence-corrected chi connectivity index (χ3v) is 7.58. The van der Waals surface area contributed by atoms with Crippen LogP contribution in [0.4, 0.5) is 0 Å². The van der Waals surface area contributed by atoms with Crippen LogP contribution in [0.15, 0.2) is 16.8 Å². The van der Waals surface area contributed by atoms with Crippen molar-refractivity contribution in [1.82, 2.24) is 0 Å². The molecule has 0 aromatic heterocycles. The molecule has 0 aromatic carbocycles. The Bertz CT molecular complexity index is 622. The van der Waals surface area contributed by atoms with Crippen molar-refractivity contribution < 1.29 is 14.8 Å². The molecule has 0 amide bonds. The van der Waals surface area contributed by atoms with E-state index in [4.69, 9.17) is 5.21 Å². The van der Waals surface area contributed by atoms with Gasteiger partial charge in [-0.05, 0) is 67.8 Å². The minimum atomic E-state index is -0.516. The van der Waals surface area contributed by atoms with Gasteiger partial charge in [-0.3, -0.25) is 9.59 Å². The Hall–Kier alpha value is -1.45. The minimum absolute atomic E-state index is 0.130. The second kappa shape index (κ2) is 5.02. The number of fused-ring (bicyclic) bond motifs is 5. The van der Waals surface area contributed by atoms with E-state index in [0.29, 0.717) is 30.6 Å². The van der Waals surface area contributed by atoms with Gasteiger partial charge in [-0.2, -0.15) is 0 Å². The van der Waals surface area contributed by atoms with Gasteiger partial charge in [0.05, 0.1) is 11.6 Å². The van der Waals surface area contributed by atoms with E-state index in [1.54, 1.807) is 6.21 Å². The molecule has 0 aromatic rings. The summed E-state index contributed by atoms with van der Waals surface area (Å²) in [5.41, 5.74) is 0.964. The molecule has 0 heterocycles. The van der Waals surface area contributed by atoms with Crippen LogP contribution in [-0.4, -0.2) is 23.0 Å². The number of allylic oxidation sites excluding steroid dienone is 1. The van der Waals surface area contributed by atoms with Crippen LogP contribution in [-0.2, 0) is 9.59 Å². The lowest BCUT2D eigenvalue weighted by molar-refractivity contribution is -0.128. The van der Waals surface area contributed by atoms with Gasteiger partial charge in [0.1, 0.15) is 5.78 Å². The van der Waals surface area contributed by atoms with E-state index in [1.165, 1.54) is 5.57 Å². The standard InChI is InChI=1S/C19H25NO3/c1-18-8-6-13(21)10-12(18)2-3-14-15(18)7-9-19(11-20-23)16(14)4-5-17(19)22/h10-11,14-16,23H,2-9H2,1H3/t14-,15+,16+,18+,19-/m1/s1. The van der Waals surface area contributed by atoms with Gasteiger partial charge in [0.2, 0.25) is 0 Å². The molecule has 4 aliphatic rings. The first kappa shape index (κ1) is 15.1. The smallest absolute Gasteiger partial charge is 0.155 e. The van der Waals surface area contributed by atoms with Gasteiger partial charge in [-0.15, -0.1) is 5.16 Å². The van der Waals surface area contributed by atoms with Crippen molar-refractivity contribution in [1.29, 1.82) is 0 Å². The predicted octanol–water partition coefficient (Wildman–Crippen LogP) is 3.53. The van der Waals surface area contributed by atoms with Crippen LogP contribution in [0.25, 0.3) is 0 Å². The first-order valence-corrected chi connectivity index (χ1v) is 8.97. The number of hydrogen-bond donors (Lipinski definition) is 1. The summed E-state index contributed by atoms with van der Waals surface area (Å²) in [6, 6.07) is 0. The fourth-order valence-electron chi connectivity index (χ4n) is 6.40. The van der Waals surface area contributed by atoms with Gasteiger partial charge in [-0.25, -0.2) is 0 Å². The lowest BCUT2D eigenvalue weighted by Crippen LogP contribution is -2.52. The lowest BCUT2D eigenvalue weighted by Gasteiger charge is -2.56. The molecule has 1 N–H and O–H groups in total. The number of hydrogen-bond acceptors (Lipinski definition) is 4. The van der Waals surface area contributed by atoms with Gasteiger partial charge < -0.3 is 5.21 Å². The van der Waals surface area contributed by atoms with E-state index in [9.17, 15) is 9.59 Å². The molecule has 0 saturated heterocycles. The van der Waals surface area contributed by atoms with Gasteiger partial charge in [0, 0.05) is 12.8 Å². The monoisotopic (exact) mass is 315 g/mol. The van der Waals surface area contributed by atoms with Crippen molar-refractivity contribution in [2.45, 2.75) is 58.3 Å². The van der Waals surface area contributed by atoms with Crippen LogP contribution in [0, 0.1) is 28.6 Å². The van der Waals surface area contributed by atoms with Crippen LogP contribution in [0.3, 0.4) is 0 Å². The molecule has 0 spiro atoms. The van der Waals surface area contributed by atoms with E-state index in [1.807, 2.05) is 6.08 Å². The number of Topliss-reactive ketones (excluding diaryl/α,β-unsaturated/α-hetero) is 1. The topological polar surface area (TPSA) is 66.7 Å². The molecule has 3 saturated carbocycles. The van der Waals surface area contributed by atoms with Crippen molar-refractivity contribution in [3.05, 3.63) is 11.6 Å². The average molecular weight is 315 g/mol. The van der Waals surface area contributed by atoms with E-state index in [0.717, 1.165) is 38.5 Å². The molecule has 23 heavy (non-hydrogen) atoms. The quantitative estimate of drug-likeness (QED) is 0.457. The van der Waals surface area contributed by atoms with Crippen LogP contribution >= 0.6 is 0 Å². The van der Waals surface area contributed by atoms with Crippen molar-refractivity contribution in [2.75, 3.05) is 0 Å². The molecular weight excluding hydrogens is 290 g/mol. The molecule has 0 radical (unpaired) electrons. The maximum Gasteiger partial charge on any atom is 0.155 e. The van der Waals surface area contributed by atoms with E-state index in [-0.39, 0.29) is 17.0 Å². The third kappa shape index (κ3) is 1.93. The normalized spacial score (nSPS) is 46.3. The first-order valence-electron chi connectivity index (χ1n) is 8.97. The molecule has 4 heteroatoms. The fraction of sp³-hybridized carbons (Fsp3) is 0.737. The van der Waals surface area contributed by atoms with Gasteiger partial charge in [0.25, 0.3) is 0 Å². The van der Waals surface area contributed by atoms with Crippen LogP contribution in [0.2, 0.25) is 0 Å². The van der Waals surface area contributed by atoms with Crippen LogP contribution < -0.4 is 0 Å². The van der Waals surface area contributed by atoms with E-state index in [2.05, 4.69) is 12.1 Å². The molecular formula is C19H25NO3. The summed E-state index contributed by atoms with van der Waals surface area (Å²) < 4.78 is 0. The molecule has 4 nitrogen and oxygen atoms in total. The molecule has 5 atom stereocenters. The first-order chi connectivity index (χ1) is 11.0. The summed E-state index contributed by atoms with van der Waals surface area (Å²) in [4.78, 5) is 24.4. The minimum Gasteiger partial charge on any atom is -0.411 e. The van der Waals surface area contributed by atoms with Gasteiger partial charge in [-0.1, -0.05) is 12.5 Å². The molecule has 3 fully saturated rings. The molecule has 0 unspecified atom stereocenters. The lowest BCUT2D eigenvalue weighted by atomic mass is 9.47. The summed E-state index contributed by atoms with van der Waals surface area (Å²) in [6.07, 6.45) is 10.5.